The molecule has 0 aromatic carbocycles. The van der Waals surface area contributed by atoms with Crippen molar-refractivity contribution < 1.29 is 4.79 Å². The van der Waals surface area contributed by atoms with Crippen LogP contribution in [0.2, 0.25) is 0 Å². The van der Waals surface area contributed by atoms with E-state index in [1.54, 1.807) is 17.4 Å². The van der Waals surface area contributed by atoms with E-state index >= 15 is 0 Å². The Bertz CT molecular complexity index is 364. The van der Waals surface area contributed by atoms with Crippen molar-refractivity contribution in [1.82, 2.24) is 4.90 Å². The van der Waals surface area contributed by atoms with Gasteiger partial charge in [0.2, 0.25) is 5.91 Å². The molecule has 1 amide bonds. The lowest BCUT2D eigenvalue weighted by molar-refractivity contribution is -0.126. The minimum absolute atomic E-state index is 0.0975. The number of carbonyl (C=O) groups is 1. The van der Waals surface area contributed by atoms with Crippen LogP contribution < -0.4 is 5.73 Å². The molecule has 1 aliphatic heterocycles. The minimum Gasteiger partial charge on any atom is -0.339 e. The Hall–Kier alpha value is -1.13. The van der Waals surface area contributed by atoms with E-state index in [0.717, 1.165) is 30.8 Å². The molecule has 0 aliphatic carbocycles. The molecule has 2 heterocycles. The van der Waals surface area contributed by atoms with Crippen LogP contribution in [0.3, 0.4) is 0 Å². The van der Waals surface area contributed by atoms with Gasteiger partial charge in [0.05, 0.1) is 0 Å². The highest BCUT2D eigenvalue weighted by molar-refractivity contribution is 7.10. The van der Waals surface area contributed by atoms with E-state index in [9.17, 15) is 4.79 Å². The molecular weight excluding hydrogens is 220 g/mol. The fourth-order valence-corrected chi connectivity index (χ4v) is 2.38. The largest absolute Gasteiger partial charge is 0.339 e. The van der Waals surface area contributed by atoms with Crippen LogP contribution in [0.15, 0.2) is 23.6 Å². The van der Waals surface area contributed by atoms with Gasteiger partial charge in [0.1, 0.15) is 0 Å². The number of nitrogens with two attached hydrogens (primary N) is 1. The fourth-order valence-electron chi connectivity index (χ4n) is 1.76. The average molecular weight is 236 g/mol. The van der Waals surface area contributed by atoms with Gasteiger partial charge in [0.25, 0.3) is 0 Å². The van der Waals surface area contributed by atoms with Crippen molar-refractivity contribution in [3.8, 4) is 0 Å². The zero-order chi connectivity index (χ0) is 11.4. The Morgan fingerprint density at radius 3 is 2.88 bits per heavy atom. The molecule has 2 N–H and O–H groups in total. The van der Waals surface area contributed by atoms with Crippen LogP contribution in [-0.2, 0) is 4.79 Å². The van der Waals surface area contributed by atoms with Gasteiger partial charge in [0, 0.05) is 30.1 Å². The number of hydrogen-bond acceptors (Lipinski definition) is 3. The van der Waals surface area contributed by atoms with Gasteiger partial charge < -0.3 is 10.6 Å². The molecule has 4 heteroatoms. The van der Waals surface area contributed by atoms with Crippen molar-refractivity contribution in [2.75, 3.05) is 13.1 Å². The van der Waals surface area contributed by atoms with Crippen molar-refractivity contribution in [2.45, 2.75) is 18.9 Å². The Morgan fingerprint density at radius 1 is 1.50 bits per heavy atom. The van der Waals surface area contributed by atoms with Crippen LogP contribution in [0.1, 0.15) is 17.7 Å². The molecule has 0 spiro atoms. The molecule has 86 valence electrons. The summed E-state index contributed by atoms with van der Waals surface area (Å²) in [5.41, 5.74) is 5.79. The third-order valence-electron chi connectivity index (χ3n) is 2.78. The lowest BCUT2D eigenvalue weighted by Gasteiger charge is -2.29. The van der Waals surface area contributed by atoms with Crippen LogP contribution in [0.4, 0.5) is 0 Å². The van der Waals surface area contributed by atoms with Crippen molar-refractivity contribution in [3.05, 3.63) is 28.5 Å². The number of thiophene rings is 1. The van der Waals surface area contributed by atoms with Gasteiger partial charge in [-0.05, 0) is 30.4 Å². The van der Waals surface area contributed by atoms with Gasteiger partial charge in [-0.15, -0.1) is 11.3 Å². The first-order valence-corrected chi connectivity index (χ1v) is 6.40. The van der Waals surface area contributed by atoms with E-state index in [0.29, 0.717) is 0 Å². The first-order valence-electron chi connectivity index (χ1n) is 5.52. The zero-order valence-electron chi connectivity index (χ0n) is 9.13. The van der Waals surface area contributed by atoms with Crippen LogP contribution >= 0.6 is 11.3 Å². The smallest absolute Gasteiger partial charge is 0.246 e. The van der Waals surface area contributed by atoms with E-state index in [1.165, 1.54) is 0 Å². The van der Waals surface area contributed by atoms with Crippen LogP contribution in [0.5, 0.6) is 0 Å². The van der Waals surface area contributed by atoms with Gasteiger partial charge in [-0.25, -0.2) is 0 Å². The third kappa shape index (κ3) is 2.93. The molecule has 2 rings (SSSR count). The molecule has 0 atom stereocenters. The number of rotatable bonds is 2. The SMILES string of the molecule is NC1CCN(C(=O)/C=C/c2cccs2)CC1. The van der Waals surface area contributed by atoms with Crippen molar-refractivity contribution in [1.29, 1.82) is 0 Å². The molecule has 1 aromatic rings. The molecule has 1 aliphatic rings. The average Bonchev–Trinajstić information content (AvgIpc) is 2.80. The Balaban J connectivity index is 1.88. The summed E-state index contributed by atoms with van der Waals surface area (Å²) in [7, 11) is 0. The molecule has 1 aromatic heterocycles. The number of likely N-dealkylation sites (tertiary alicyclic amines) is 1. The Morgan fingerprint density at radius 2 is 2.25 bits per heavy atom. The lowest BCUT2D eigenvalue weighted by Crippen LogP contribution is -2.42. The number of nitrogens with zero attached hydrogens (tertiary/aromatic N) is 1. The maximum atomic E-state index is 11.8. The van der Waals surface area contributed by atoms with Gasteiger partial charge in [-0.2, -0.15) is 0 Å². The number of piperidine rings is 1. The normalized spacial score (nSPS) is 18.2. The van der Waals surface area contributed by atoms with E-state index < -0.39 is 0 Å². The van der Waals surface area contributed by atoms with Gasteiger partial charge >= 0.3 is 0 Å². The summed E-state index contributed by atoms with van der Waals surface area (Å²) in [5, 5.41) is 2.00. The second-order valence-corrected chi connectivity index (χ2v) is 4.99. The quantitative estimate of drug-likeness (QED) is 0.795. The van der Waals surface area contributed by atoms with E-state index in [4.69, 9.17) is 5.73 Å². The first-order chi connectivity index (χ1) is 7.75. The van der Waals surface area contributed by atoms with E-state index in [-0.39, 0.29) is 11.9 Å². The van der Waals surface area contributed by atoms with Gasteiger partial charge in [0.15, 0.2) is 0 Å². The van der Waals surface area contributed by atoms with Crippen LogP contribution in [0, 0.1) is 0 Å². The first kappa shape index (κ1) is 11.4. The summed E-state index contributed by atoms with van der Waals surface area (Å²) in [5.74, 6) is 0.0975. The molecule has 16 heavy (non-hydrogen) atoms. The molecule has 0 radical (unpaired) electrons. The highest BCUT2D eigenvalue weighted by atomic mass is 32.1. The Labute approximate surface area is 99.6 Å². The van der Waals surface area contributed by atoms with Gasteiger partial charge in [-0.1, -0.05) is 6.07 Å². The van der Waals surface area contributed by atoms with Crippen LogP contribution in [-0.4, -0.2) is 29.9 Å². The van der Waals surface area contributed by atoms with Gasteiger partial charge in [-0.3, -0.25) is 4.79 Å². The summed E-state index contributed by atoms with van der Waals surface area (Å²) < 4.78 is 0. The topological polar surface area (TPSA) is 46.3 Å². The predicted octanol–water partition coefficient (Wildman–Crippen LogP) is 1.71. The molecule has 0 bridgehead atoms. The fraction of sp³-hybridized carbons (Fsp3) is 0.417. The van der Waals surface area contributed by atoms with Crippen LogP contribution in [0.25, 0.3) is 6.08 Å². The summed E-state index contributed by atoms with van der Waals surface area (Å²) in [6.45, 7) is 1.57. The molecule has 1 saturated heterocycles. The maximum Gasteiger partial charge on any atom is 0.246 e. The predicted molar refractivity (Wildman–Crippen MR) is 67.1 cm³/mol. The molecule has 0 unspecified atom stereocenters. The molecule has 1 fully saturated rings. The second kappa shape index (κ2) is 5.27. The molecular formula is C12H16N2OS. The zero-order valence-corrected chi connectivity index (χ0v) is 9.95. The summed E-state index contributed by atoms with van der Waals surface area (Å²) in [6.07, 6.45) is 5.36. The second-order valence-electron chi connectivity index (χ2n) is 4.01. The third-order valence-corrected chi connectivity index (χ3v) is 3.62. The van der Waals surface area contributed by atoms with E-state index in [1.807, 2.05) is 28.5 Å². The number of hydrogen-bond donors (Lipinski definition) is 1. The lowest BCUT2D eigenvalue weighted by atomic mass is 10.1. The van der Waals surface area contributed by atoms with Crippen molar-refractivity contribution >= 4 is 23.3 Å². The van der Waals surface area contributed by atoms with Crippen molar-refractivity contribution in [3.63, 3.8) is 0 Å². The minimum atomic E-state index is 0.0975. The van der Waals surface area contributed by atoms with Crippen molar-refractivity contribution in [2.24, 2.45) is 5.73 Å². The highest BCUT2D eigenvalue weighted by Crippen LogP contribution is 2.12. The number of carbonyl (C=O) groups excluding carboxylic acids is 1. The summed E-state index contributed by atoms with van der Waals surface area (Å²) in [6, 6.07) is 4.25. The monoisotopic (exact) mass is 236 g/mol. The standard InChI is InChI=1S/C12H16N2OS/c13-10-5-7-14(8-6-10)12(15)4-3-11-2-1-9-16-11/h1-4,9-10H,5-8,13H2/b4-3+. The summed E-state index contributed by atoms with van der Waals surface area (Å²) in [4.78, 5) is 14.8. The highest BCUT2D eigenvalue weighted by Gasteiger charge is 2.18. The van der Waals surface area contributed by atoms with E-state index in [2.05, 4.69) is 0 Å². The molecule has 0 saturated carbocycles. The number of amides is 1. The molecule has 3 nitrogen and oxygen atoms in total. The Kier molecular flexibility index (Phi) is 3.74. The maximum absolute atomic E-state index is 11.8. The summed E-state index contributed by atoms with van der Waals surface area (Å²) >= 11 is 1.63.